The zero-order valence-corrected chi connectivity index (χ0v) is 12.4. The smallest absolute Gasteiger partial charge is 0.261 e. The lowest BCUT2D eigenvalue weighted by molar-refractivity contribution is -0.0777. The first kappa shape index (κ1) is 13.6. The van der Waals surface area contributed by atoms with Gasteiger partial charge in [-0.1, -0.05) is 24.4 Å². The zero-order chi connectivity index (χ0) is 14.0. The first-order chi connectivity index (χ1) is 9.75. The van der Waals surface area contributed by atoms with Crippen LogP contribution >= 0.6 is 11.3 Å². The Balaban J connectivity index is 1.93. The number of nitrogens with zero attached hydrogens (tertiary/aromatic N) is 2. The number of nitrogens with two attached hydrogens (primary N) is 1. The lowest BCUT2D eigenvalue weighted by Crippen LogP contribution is -2.33. The summed E-state index contributed by atoms with van der Waals surface area (Å²) in [5, 5.41) is 6.79. The van der Waals surface area contributed by atoms with E-state index in [4.69, 9.17) is 15.0 Å². The summed E-state index contributed by atoms with van der Waals surface area (Å²) in [5.41, 5.74) is 6.35. The fourth-order valence-corrected chi connectivity index (χ4v) is 3.48. The van der Waals surface area contributed by atoms with Gasteiger partial charge in [-0.15, -0.1) is 11.3 Å². The van der Waals surface area contributed by atoms with Gasteiger partial charge in [-0.3, -0.25) is 0 Å². The van der Waals surface area contributed by atoms with Crippen LogP contribution in [-0.4, -0.2) is 16.7 Å². The molecule has 5 nitrogen and oxygen atoms in total. The first-order valence-corrected chi connectivity index (χ1v) is 7.94. The van der Waals surface area contributed by atoms with Crippen molar-refractivity contribution in [3.8, 4) is 11.5 Å². The zero-order valence-electron chi connectivity index (χ0n) is 11.6. The molecule has 1 saturated carbocycles. The second-order valence-corrected chi connectivity index (χ2v) is 6.06. The summed E-state index contributed by atoms with van der Waals surface area (Å²) >= 11 is 1.47. The maximum atomic E-state index is 6.00. The van der Waals surface area contributed by atoms with Gasteiger partial charge in [-0.2, -0.15) is 4.98 Å². The summed E-state index contributed by atoms with van der Waals surface area (Å²) in [5.74, 6) is 1.16. The van der Waals surface area contributed by atoms with Crippen LogP contribution in [0.15, 0.2) is 16.0 Å². The van der Waals surface area contributed by atoms with Gasteiger partial charge in [0, 0.05) is 6.61 Å². The van der Waals surface area contributed by atoms with Crippen molar-refractivity contribution in [2.24, 2.45) is 0 Å². The van der Waals surface area contributed by atoms with Crippen LogP contribution in [0, 0.1) is 0 Å². The molecule has 20 heavy (non-hydrogen) atoms. The highest BCUT2D eigenvalue weighted by atomic mass is 32.1. The maximum Gasteiger partial charge on any atom is 0.261 e. The number of hydrogen-bond acceptors (Lipinski definition) is 6. The Morgan fingerprint density at radius 1 is 1.40 bits per heavy atom. The van der Waals surface area contributed by atoms with Crippen molar-refractivity contribution in [3.63, 3.8) is 0 Å². The van der Waals surface area contributed by atoms with E-state index in [9.17, 15) is 0 Å². The Bertz CT molecular complexity index is 567. The third-order valence-electron chi connectivity index (χ3n) is 3.84. The normalized spacial score (nSPS) is 18.2. The average molecular weight is 293 g/mol. The molecular weight excluding hydrogens is 274 g/mol. The average Bonchev–Trinajstić information content (AvgIpc) is 3.08. The number of ether oxygens (including phenoxy) is 1. The van der Waals surface area contributed by atoms with Gasteiger partial charge in [0.05, 0.1) is 10.6 Å². The van der Waals surface area contributed by atoms with Crippen molar-refractivity contribution >= 4 is 16.3 Å². The SMILES string of the molecule is CCOC1(c2noc(-c3ccsc3N)n2)CCCCC1. The molecule has 1 fully saturated rings. The summed E-state index contributed by atoms with van der Waals surface area (Å²) in [4.78, 5) is 4.55. The number of aromatic nitrogens is 2. The Morgan fingerprint density at radius 2 is 2.20 bits per heavy atom. The molecule has 2 aromatic rings. The minimum Gasteiger partial charge on any atom is -0.390 e. The van der Waals surface area contributed by atoms with Gasteiger partial charge in [0.15, 0.2) is 0 Å². The lowest BCUT2D eigenvalue weighted by Gasteiger charge is -2.33. The van der Waals surface area contributed by atoms with Crippen LogP contribution in [0.4, 0.5) is 5.00 Å². The van der Waals surface area contributed by atoms with Gasteiger partial charge in [0.25, 0.3) is 5.89 Å². The van der Waals surface area contributed by atoms with Gasteiger partial charge in [0.2, 0.25) is 5.82 Å². The lowest BCUT2D eigenvalue weighted by atomic mass is 9.84. The van der Waals surface area contributed by atoms with Crippen LogP contribution in [0.3, 0.4) is 0 Å². The van der Waals surface area contributed by atoms with E-state index >= 15 is 0 Å². The molecule has 2 N–H and O–H groups in total. The standard InChI is InChI=1S/C14H19N3O2S/c1-2-18-14(7-4-3-5-8-14)13-16-12(19-17-13)10-6-9-20-11(10)15/h6,9H,2-5,7-8,15H2,1H3. The molecule has 0 amide bonds. The van der Waals surface area contributed by atoms with Crippen LogP contribution in [0.5, 0.6) is 0 Å². The molecular formula is C14H19N3O2S. The number of hydrogen-bond donors (Lipinski definition) is 1. The van der Waals surface area contributed by atoms with Crippen LogP contribution < -0.4 is 5.73 Å². The second-order valence-electron chi connectivity index (χ2n) is 5.11. The molecule has 6 heteroatoms. The highest BCUT2D eigenvalue weighted by molar-refractivity contribution is 7.14. The number of nitrogen functional groups attached to an aromatic ring is 1. The van der Waals surface area contributed by atoms with Crippen LogP contribution in [0.2, 0.25) is 0 Å². The fourth-order valence-electron chi connectivity index (χ4n) is 2.85. The van der Waals surface area contributed by atoms with Crippen LogP contribution in [0.1, 0.15) is 44.9 Å². The number of anilines is 1. The summed E-state index contributed by atoms with van der Waals surface area (Å²) in [7, 11) is 0. The van der Waals surface area contributed by atoms with Crippen molar-refractivity contribution in [3.05, 3.63) is 17.3 Å². The summed E-state index contributed by atoms with van der Waals surface area (Å²) in [6.45, 7) is 2.67. The molecule has 0 unspecified atom stereocenters. The molecule has 2 aromatic heterocycles. The van der Waals surface area contributed by atoms with Gasteiger partial charge in [-0.25, -0.2) is 0 Å². The predicted molar refractivity (Wildman–Crippen MR) is 78.4 cm³/mol. The molecule has 1 aliphatic rings. The number of thiophene rings is 1. The van der Waals surface area contributed by atoms with E-state index in [-0.39, 0.29) is 5.60 Å². The van der Waals surface area contributed by atoms with E-state index < -0.39 is 0 Å². The molecule has 0 bridgehead atoms. The monoisotopic (exact) mass is 293 g/mol. The third-order valence-corrected chi connectivity index (χ3v) is 4.59. The van der Waals surface area contributed by atoms with Crippen molar-refractivity contribution in [2.75, 3.05) is 12.3 Å². The molecule has 0 aliphatic heterocycles. The van der Waals surface area contributed by atoms with Crippen molar-refractivity contribution in [1.29, 1.82) is 0 Å². The molecule has 0 atom stereocenters. The van der Waals surface area contributed by atoms with Gasteiger partial charge >= 0.3 is 0 Å². The fraction of sp³-hybridized carbons (Fsp3) is 0.571. The summed E-state index contributed by atoms with van der Waals surface area (Å²) < 4.78 is 11.4. The van der Waals surface area contributed by atoms with Gasteiger partial charge < -0.3 is 15.0 Å². The molecule has 0 radical (unpaired) electrons. The van der Waals surface area contributed by atoms with E-state index in [0.717, 1.165) is 31.2 Å². The highest BCUT2D eigenvalue weighted by Gasteiger charge is 2.39. The summed E-state index contributed by atoms with van der Waals surface area (Å²) in [6.07, 6.45) is 5.45. The quantitative estimate of drug-likeness (QED) is 0.932. The van der Waals surface area contributed by atoms with E-state index in [2.05, 4.69) is 10.1 Å². The first-order valence-electron chi connectivity index (χ1n) is 7.07. The van der Waals surface area contributed by atoms with E-state index in [1.165, 1.54) is 17.8 Å². The largest absolute Gasteiger partial charge is 0.390 e. The van der Waals surface area contributed by atoms with Crippen molar-refractivity contribution in [2.45, 2.75) is 44.6 Å². The molecule has 0 aromatic carbocycles. The molecule has 2 heterocycles. The Kier molecular flexibility index (Phi) is 3.76. The van der Waals surface area contributed by atoms with Crippen LogP contribution in [-0.2, 0) is 10.3 Å². The summed E-state index contributed by atoms with van der Waals surface area (Å²) in [6, 6.07) is 1.91. The van der Waals surface area contributed by atoms with E-state index in [1.807, 2.05) is 18.4 Å². The van der Waals surface area contributed by atoms with Crippen molar-refractivity contribution in [1.82, 2.24) is 10.1 Å². The predicted octanol–water partition coefficient (Wildman–Crippen LogP) is 3.58. The molecule has 1 aliphatic carbocycles. The minimum absolute atomic E-state index is 0.375. The van der Waals surface area contributed by atoms with E-state index in [0.29, 0.717) is 23.3 Å². The van der Waals surface area contributed by atoms with Gasteiger partial charge in [0.1, 0.15) is 5.60 Å². The highest BCUT2D eigenvalue weighted by Crippen LogP contribution is 2.40. The maximum absolute atomic E-state index is 6.00. The van der Waals surface area contributed by atoms with Crippen LogP contribution in [0.25, 0.3) is 11.5 Å². The molecule has 108 valence electrons. The Labute approximate surface area is 122 Å². The molecule has 0 saturated heterocycles. The minimum atomic E-state index is -0.375. The molecule has 3 rings (SSSR count). The van der Waals surface area contributed by atoms with Crippen molar-refractivity contribution < 1.29 is 9.26 Å². The number of rotatable bonds is 4. The van der Waals surface area contributed by atoms with E-state index in [1.54, 1.807) is 0 Å². The van der Waals surface area contributed by atoms with Gasteiger partial charge in [-0.05, 0) is 31.2 Å². The molecule has 0 spiro atoms. The Morgan fingerprint density at radius 3 is 2.85 bits per heavy atom. The Hall–Kier alpha value is -1.40. The third kappa shape index (κ3) is 2.33. The topological polar surface area (TPSA) is 74.2 Å². The second kappa shape index (κ2) is 5.54.